The quantitative estimate of drug-likeness (QED) is 0.697. The summed E-state index contributed by atoms with van der Waals surface area (Å²) >= 11 is 0. The number of hydrogen-bond acceptors (Lipinski definition) is 1. The molecule has 2 aromatic rings. The second-order valence-corrected chi connectivity index (χ2v) is 4.51. The molecule has 0 atom stereocenters. The summed E-state index contributed by atoms with van der Waals surface area (Å²) in [6.07, 6.45) is 3.05. The van der Waals surface area contributed by atoms with Crippen LogP contribution in [0.5, 0.6) is 0 Å². The second-order valence-electron chi connectivity index (χ2n) is 4.51. The first-order valence-electron chi connectivity index (χ1n) is 6.03. The maximum absolute atomic E-state index is 4.31. The van der Waals surface area contributed by atoms with Gasteiger partial charge in [0.05, 0.1) is 0 Å². The van der Waals surface area contributed by atoms with Gasteiger partial charge < -0.3 is 0 Å². The molecular formula is C16H15N. The number of benzene rings is 2. The molecule has 0 saturated heterocycles. The minimum Gasteiger partial charge on any atom is -0.292 e. The predicted octanol–water partition coefficient (Wildman–Crippen LogP) is 3.64. The van der Waals surface area contributed by atoms with E-state index < -0.39 is 0 Å². The lowest BCUT2D eigenvalue weighted by Gasteiger charge is -2.13. The van der Waals surface area contributed by atoms with Crippen molar-refractivity contribution in [1.82, 2.24) is 0 Å². The molecule has 1 aliphatic heterocycles. The van der Waals surface area contributed by atoms with E-state index in [0.717, 1.165) is 13.0 Å². The molecule has 0 radical (unpaired) electrons. The molecule has 1 heterocycles. The maximum Gasteiger partial charge on any atom is 0.0430 e. The Morgan fingerprint density at radius 3 is 2.82 bits per heavy atom. The van der Waals surface area contributed by atoms with Crippen LogP contribution in [0.25, 0.3) is 11.1 Å². The highest BCUT2D eigenvalue weighted by atomic mass is 14.7. The number of nitrogens with zero attached hydrogens (tertiary/aromatic N) is 1. The van der Waals surface area contributed by atoms with Crippen molar-refractivity contribution in [2.45, 2.75) is 13.3 Å². The summed E-state index contributed by atoms with van der Waals surface area (Å²) in [6.45, 7) is 3.08. The van der Waals surface area contributed by atoms with Crippen LogP contribution < -0.4 is 0 Å². The summed E-state index contributed by atoms with van der Waals surface area (Å²) < 4.78 is 0. The normalized spacial score (nSPS) is 13.5. The lowest BCUT2D eigenvalue weighted by atomic mass is 9.94. The maximum atomic E-state index is 4.31. The van der Waals surface area contributed by atoms with Gasteiger partial charge in [0.1, 0.15) is 0 Å². The van der Waals surface area contributed by atoms with Gasteiger partial charge in [-0.05, 0) is 41.2 Å². The Hall–Kier alpha value is -1.89. The minimum absolute atomic E-state index is 0.921. The largest absolute Gasteiger partial charge is 0.292 e. The van der Waals surface area contributed by atoms with Crippen LogP contribution in [0.15, 0.2) is 47.5 Å². The average molecular weight is 221 g/mol. The Balaban J connectivity index is 2.11. The minimum atomic E-state index is 0.921. The van der Waals surface area contributed by atoms with Crippen molar-refractivity contribution in [1.29, 1.82) is 0 Å². The van der Waals surface area contributed by atoms with Crippen LogP contribution in [0.4, 0.5) is 0 Å². The first-order valence-corrected chi connectivity index (χ1v) is 6.03. The SMILES string of the molecule is Cc1ccccc1-c1ccc2c(c1)CCN=C2. The lowest BCUT2D eigenvalue weighted by Crippen LogP contribution is -2.02. The molecule has 17 heavy (non-hydrogen) atoms. The zero-order valence-corrected chi connectivity index (χ0v) is 9.98. The monoisotopic (exact) mass is 221 g/mol. The summed E-state index contributed by atoms with van der Waals surface area (Å²) in [5, 5.41) is 0. The fourth-order valence-corrected chi connectivity index (χ4v) is 2.36. The van der Waals surface area contributed by atoms with Gasteiger partial charge in [-0.1, -0.05) is 42.5 Å². The van der Waals surface area contributed by atoms with E-state index in [1.807, 2.05) is 6.21 Å². The molecule has 84 valence electrons. The molecule has 0 fully saturated rings. The first kappa shape index (κ1) is 10.3. The highest BCUT2D eigenvalue weighted by Gasteiger charge is 2.07. The molecule has 1 nitrogen and oxygen atoms in total. The third-order valence-electron chi connectivity index (χ3n) is 3.34. The third-order valence-corrected chi connectivity index (χ3v) is 3.34. The first-order chi connectivity index (χ1) is 8.34. The summed E-state index contributed by atoms with van der Waals surface area (Å²) in [4.78, 5) is 4.31. The van der Waals surface area contributed by atoms with E-state index >= 15 is 0 Å². The number of hydrogen-bond donors (Lipinski definition) is 0. The summed E-state index contributed by atoms with van der Waals surface area (Å²) in [6, 6.07) is 15.2. The lowest BCUT2D eigenvalue weighted by molar-refractivity contribution is 0.953. The number of aliphatic imine (C=N–C) groups is 1. The smallest absolute Gasteiger partial charge is 0.0430 e. The Morgan fingerprint density at radius 1 is 1.06 bits per heavy atom. The molecule has 3 rings (SSSR count). The van der Waals surface area contributed by atoms with Gasteiger partial charge in [-0.3, -0.25) is 4.99 Å². The van der Waals surface area contributed by atoms with E-state index in [9.17, 15) is 0 Å². The summed E-state index contributed by atoms with van der Waals surface area (Å²) in [5.74, 6) is 0. The van der Waals surface area contributed by atoms with Crippen LogP contribution in [0.2, 0.25) is 0 Å². The third kappa shape index (κ3) is 1.89. The standard InChI is InChI=1S/C16H15N/c1-12-4-2-3-5-16(12)14-6-7-15-11-17-9-8-13(15)10-14/h2-7,10-11H,8-9H2,1H3. The van der Waals surface area contributed by atoms with Crippen LogP contribution in [-0.4, -0.2) is 12.8 Å². The van der Waals surface area contributed by atoms with Gasteiger partial charge in [-0.2, -0.15) is 0 Å². The molecular weight excluding hydrogens is 206 g/mol. The highest BCUT2D eigenvalue weighted by molar-refractivity contribution is 5.84. The Morgan fingerprint density at radius 2 is 1.94 bits per heavy atom. The topological polar surface area (TPSA) is 12.4 Å². The molecule has 0 bridgehead atoms. The van der Waals surface area contributed by atoms with Crippen LogP contribution in [-0.2, 0) is 6.42 Å². The van der Waals surface area contributed by atoms with Gasteiger partial charge in [0.15, 0.2) is 0 Å². The van der Waals surface area contributed by atoms with Crippen molar-refractivity contribution in [3.05, 3.63) is 59.2 Å². The second kappa shape index (κ2) is 4.17. The van der Waals surface area contributed by atoms with E-state index in [0.29, 0.717) is 0 Å². The highest BCUT2D eigenvalue weighted by Crippen LogP contribution is 2.26. The van der Waals surface area contributed by atoms with Crippen LogP contribution in [0.3, 0.4) is 0 Å². The fourth-order valence-electron chi connectivity index (χ4n) is 2.36. The van der Waals surface area contributed by atoms with Crippen LogP contribution in [0.1, 0.15) is 16.7 Å². The van der Waals surface area contributed by atoms with Gasteiger partial charge in [0.25, 0.3) is 0 Å². The van der Waals surface area contributed by atoms with Gasteiger partial charge in [0.2, 0.25) is 0 Å². The Kier molecular flexibility index (Phi) is 2.52. The number of aryl methyl sites for hydroxylation is 1. The Bertz CT molecular complexity index is 582. The Labute approximate surface area is 102 Å². The van der Waals surface area contributed by atoms with Crippen molar-refractivity contribution in [2.75, 3.05) is 6.54 Å². The average Bonchev–Trinajstić information content (AvgIpc) is 2.39. The van der Waals surface area contributed by atoms with Crippen molar-refractivity contribution in [3.63, 3.8) is 0 Å². The van der Waals surface area contributed by atoms with Gasteiger partial charge in [0, 0.05) is 12.8 Å². The van der Waals surface area contributed by atoms with E-state index in [1.54, 1.807) is 0 Å². The van der Waals surface area contributed by atoms with Crippen molar-refractivity contribution in [2.24, 2.45) is 4.99 Å². The summed E-state index contributed by atoms with van der Waals surface area (Å²) in [7, 11) is 0. The van der Waals surface area contributed by atoms with E-state index in [2.05, 4.69) is 54.4 Å². The van der Waals surface area contributed by atoms with Crippen LogP contribution in [0, 0.1) is 6.92 Å². The molecule has 0 saturated carbocycles. The molecule has 0 spiro atoms. The van der Waals surface area contributed by atoms with Crippen molar-refractivity contribution in [3.8, 4) is 11.1 Å². The fraction of sp³-hybridized carbons (Fsp3) is 0.188. The van der Waals surface area contributed by atoms with E-state index in [-0.39, 0.29) is 0 Å². The molecule has 1 heteroatoms. The molecule has 0 aromatic heterocycles. The number of rotatable bonds is 1. The zero-order valence-electron chi connectivity index (χ0n) is 9.98. The van der Waals surface area contributed by atoms with Gasteiger partial charge in [-0.15, -0.1) is 0 Å². The van der Waals surface area contributed by atoms with E-state index in [1.165, 1.54) is 27.8 Å². The molecule has 0 aliphatic carbocycles. The molecule has 0 N–H and O–H groups in total. The van der Waals surface area contributed by atoms with Gasteiger partial charge in [-0.25, -0.2) is 0 Å². The van der Waals surface area contributed by atoms with Crippen molar-refractivity contribution >= 4 is 6.21 Å². The predicted molar refractivity (Wildman–Crippen MR) is 72.8 cm³/mol. The zero-order chi connectivity index (χ0) is 11.7. The summed E-state index contributed by atoms with van der Waals surface area (Å²) in [5.41, 5.74) is 6.67. The molecule has 2 aromatic carbocycles. The van der Waals surface area contributed by atoms with Crippen molar-refractivity contribution < 1.29 is 0 Å². The molecule has 0 unspecified atom stereocenters. The van der Waals surface area contributed by atoms with E-state index in [4.69, 9.17) is 0 Å². The van der Waals surface area contributed by atoms with Crippen LogP contribution >= 0.6 is 0 Å². The number of fused-ring (bicyclic) bond motifs is 1. The molecule has 0 amide bonds. The molecule has 1 aliphatic rings. The van der Waals surface area contributed by atoms with Gasteiger partial charge >= 0.3 is 0 Å².